The van der Waals surface area contributed by atoms with E-state index in [9.17, 15) is 0 Å². The number of rotatable bonds is 20. The zero-order valence-corrected chi connectivity index (χ0v) is 33.7. The molecule has 55 heavy (non-hydrogen) atoms. The van der Waals surface area contributed by atoms with Crippen LogP contribution in [-0.4, -0.2) is 38.6 Å². The van der Waals surface area contributed by atoms with Crippen molar-refractivity contribution in [2.75, 3.05) is 42.4 Å². The molecule has 1 atom stereocenters. The molecule has 0 heterocycles. The fourth-order valence-corrected chi connectivity index (χ4v) is 5.60. The summed E-state index contributed by atoms with van der Waals surface area (Å²) < 4.78 is 0. The molecule has 0 aliphatic heterocycles. The van der Waals surface area contributed by atoms with Crippen molar-refractivity contribution in [1.29, 1.82) is 0 Å². The summed E-state index contributed by atoms with van der Waals surface area (Å²) in [6.07, 6.45) is 35.1. The van der Waals surface area contributed by atoms with Gasteiger partial charge in [0.15, 0.2) is 0 Å². The van der Waals surface area contributed by atoms with Crippen molar-refractivity contribution in [3.05, 3.63) is 207 Å². The summed E-state index contributed by atoms with van der Waals surface area (Å²) in [5.74, 6) is 0. The lowest BCUT2D eigenvalue weighted by Gasteiger charge is -2.29. The molecule has 0 amide bonds. The summed E-state index contributed by atoms with van der Waals surface area (Å²) in [6, 6.07) is 28.1. The molecule has 3 aromatic rings. The van der Waals surface area contributed by atoms with E-state index in [1.165, 1.54) is 0 Å². The second-order valence-electron chi connectivity index (χ2n) is 13.1. The van der Waals surface area contributed by atoms with Crippen LogP contribution in [-0.2, 0) is 0 Å². The molecule has 4 heteroatoms. The number of anilines is 5. The maximum Gasteiger partial charge on any atom is 0.0487 e. The smallest absolute Gasteiger partial charge is 0.0487 e. The molecule has 0 spiro atoms. The van der Waals surface area contributed by atoms with Gasteiger partial charge in [0.1, 0.15) is 0 Å². The van der Waals surface area contributed by atoms with Crippen LogP contribution in [0.2, 0.25) is 0 Å². The minimum absolute atomic E-state index is 0.183. The van der Waals surface area contributed by atoms with E-state index >= 15 is 0 Å². The second-order valence-corrected chi connectivity index (χ2v) is 13.1. The summed E-state index contributed by atoms with van der Waals surface area (Å²) in [4.78, 5) is 8.53. The number of hydrogen-bond donors (Lipinski definition) is 0. The van der Waals surface area contributed by atoms with E-state index in [1.807, 2.05) is 62.6 Å². The predicted molar refractivity (Wildman–Crippen MR) is 245 cm³/mol. The monoisotopic (exact) mass is 726 g/mol. The Morgan fingerprint density at radius 1 is 0.745 bits per heavy atom. The third kappa shape index (κ3) is 13.0. The third-order valence-electron chi connectivity index (χ3n) is 9.22. The van der Waals surface area contributed by atoms with E-state index in [2.05, 4.69) is 178 Å². The molecule has 0 aromatic heterocycles. The highest BCUT2D eigenvalue weighted by Crippen LogP contribution is 2.36. The minimum Gasteiger partial charge on any atom is -0.344 e. The van der Waals surface area contributed by atoms with Gasteiger partial charge in [-0.25, -0.2) is 0 Å². The van der Waals surface area contributed by atoms with Gasteiger partial charge in [-0.05, 0) is 112 Å². The summed E-state index contributed by atoms with van der Waals surface area (Å²) in [6.45, 7) is 23.5. The van der Waals surface area contributed by atoms with Crippen molar-refractivity contribution < 1.29 is 0 Å². The number of para-hydroxylation sites is 1. The summed E-state index contributed by atoms with van der Waals surface area (Å²) in [5, 5.41) is 0. The Morgan fingerprint density at radius 3 is 1.98 bits per heavy atom. The van der Waals surface area contributed by atoms with Gasteiger partial charge in [-0.15, -0.1) is 0 Å². The molecular weight excluding hydrogens is 669 g/mol. The first kappa shape index (κ1) is 43.1. The van der Waals surface area contributed by atoms with Crippen LogP contribution in [0, 0.1) is 12.5 Å². The largest absolute Gasteiger partial charge is 0.344 e. The van der Waals surface area contributed by atoms with Gasteiger partial charge in [-0.1, -0.05) is 130 Å². The number of benzene rings is 3. The molecule has 0 saturated heterocycles. The highest BCUT2D eigenvalue weighted by molar-refractivity contribution is 5.84. The normalized spacial score (nSPS) is 12.7. The Balaban J connectivity index is 1.83. The molecule has 0 fully saturated rings. The first-order valence-electron chi connectivity index (χ1n) is 18.6. The zero-order valence-electron chi connectivity index (χ0n) is 33.7. The maximum absolute atomic E-state index is 5.68. The van der Waals surface area contributed by atoms with E-state index in [0.29, 0.717) is 0 Å². The van der Waals surface area contributed by atoms with Crippen LogP contribution in [0.5, 0.6) is 0 Å². The second kappa shape index (κ2) is 22.7. The summed E-state index contributed by atoms with van der Waals surface area (Å²) in [5.41, 5.74) is 10.1. The molecular formula is C51H58N4. The number of hydrogen-bond acceptors (Lipinski definition) is 4. The van der Waals surface area contributed by atoms with Crippen molar-refractivity contribution in [2.45, 2.75) is 33.2 Å². The molecule has 0 bridgehead atoms. The van der Waals surface area contributed by atoms with Crippen LogP contribution in [0.3, 0.4) is 0 Å². The average molecular weight is 727 g/mol. The Labute approximate surface area is 332 Å². The molecule has 0 aliphatic rings. The van der Waals surface area contributed by atoms with E-state index in [1.54, 1.807) is 11.0 Å². The van der Waals surface area contributed by atoms with Crippen LogP contribution in [0.15, 0.2) is 201 Å². The molecule has 3 rings (SSSR count). The lowest BCUT2D eigenvalue weighted by Crippen LogP contribution is -2.27. The molecule has 0 saturated carbocycles. The van der Waals surface area contributed by atoms with Crippen molar-refractivity contribution in [2.24, 2.45) is 0 Å². The molecule has 0 radical (unpaired) electrons. The fourth-order valence-electron chi connectivity index (χ4n) is 5.60. The molecule has 0 N–H and O–H groups in total. The molecule has 3 aromatic carbocycles. The number of allylic oxidation sites excluding steroid dienone is 15. The van der Waals surface area contributed by atoms with Crippen molar-refractivity contribution in [3.63, 3.8) is 0 Å². The standard InChI is InChI=1S/C51H58N4/c1-12-16-18-20-26-41(5)42(6)27-21-19-24-40-53(10)44(8)30-31-45(14-3)55(48-36-32-46(33-37-48)52(9)15-4)49-38-34-47(35-39-49)54(11)51-29-23-22-28-50(51)43(7)25-17-13-2/h4,12-14,16-25,27-39,44H,2,5-7,26,40H2,1,3,8-11H3/b16-12-,20-18-,24-19-,25-17-,27-21-,31-30-,45-14+. The molecule has 282 valence electrons. The van der Waals surface area contributed by atoms with Crippen molar-refractivity contribution in [3.8, 4) is 12.5 Å². The Hall–Kier alpha value is -6.28. The van der Waals surface area contributed by atoms with E-state index in [4.69, 9.17) is 6.42 Å². The maximum atomic E-state index is 5.68. The topological polar surface area (TPSA) is 13.0 Å². The van der Waals surface area contributed by atoms with Crippen LogP contribution < -0.4 is 14.7 Å². The minimum atomic E-state index is 0.183. The van der Waals surface area contributed by atoms with Crippen LogP contribution in [0.4, 0.5) is 28.4 Å². The molecule has 4 nitrogen and oxygen atoms in total. The summed E-state index contributed by atoms with van der Waals surface area (Å²) >= 11 is 0. The average Bonchev–Trinajstić information content (AvgIpc) is 3.22. The van der Waals surface area contributed by atoms with Crippen LogP contribution >= 0.6 is 0 Å². The Kier molecular flexibility index (Phi) is 17.8. The van der Waals surface area contributed by atoms with Gasteiger partial charge in [0, 0.05) is 72.4 Å². The SMILES string of the molecule is C#CN(C)c1ccc(N(C(/C=C\C(C)N(C)C/C=C\C=C/C(=C)C(=C)C/C=C\C=C/C)=C/C)c2ccc(N(C)c3ccccc3C(=C)/C=C\C=C)cc2)cc1. The van der Waals surface area contributed by atoms with Crippen LogP contribution in [0.25, 0.3) is 5.57 Å². The van der Waals surface area contributed by atoms with Gasteiger partial charge in [0.05, 0.1) is 0 Å². The fraction of sp³-hybridized carbons (Fsp3) is 0.176. The lowest BCUT2D eigenvalue weighted by molar-refractivity contribution is 0.329. The van der Waals surface area contributed by atoms with E-state index in [-0.39, 0.29) is 6.04 Å². The van der Waals surface area contributed by atoms with Gasteiger partial charge in [0.2, 0.25) is 0 Å². The Morgan fingerprint density at radius 2 is 1.36 bits per heavy atom. The number of nitrogens with zero attached hydrogens (tertiary/aromatic N) is 4. The van der Waals surface area contributed by atoms with Crippen LogP contribution in [0.1, 0.15) is 32.8 Å². The number of likely N-dealkylation sites (N-methyl/N-ethyl adjacent to an activating group) is 1. The van der Waals surface area contributed by atoms with Gasteiger partial charge in [-0.2, -0.15) is 0 Å². The van der Waals surface area contributed by atoms with E-state index in [0.717, 1.165) is 69.4 Å². The highest BCUT2D eigenvalue weighted by Gasteiger charge is 2.16. The molecule has 0 aliphatic carbocycles. The highest BCUT2D eigenvalue weighted by atomic mass is 15.2. The Bertz CT molecular complexity index is 2010. The third-order valence-corrected chi connectivity index (χ3v) is 9.22. The predicted octanol–water partition coefficient (Wildman–Crippen LogP) is 12.9. The first-order chi connectivity index (χ1) is 26.6. The van der Waals surface area contributed by atoms with Crippen molar-refractivity contribution in [1.82, 2.24) is 4.90 Å². The van der Waals surface area contributed by atoms with Gasteiger partial charge < -0.3 is 14.7 Å². The zero-order chi connectivity index (χ0) is 40.2. The quantitative estimate of drug-likeness (QED) is 0.0653. The van der Waals surface area contributed by atoms with Gasteiger partial charge >= 0.3 is 0 Å². The number of terminal acetylenes is 1. The van der Waals surface area contributed by atoms with Gasteiger partial charge in [0.25, 0.3) is 0 Å². The summed E-state index contributed by atoms with van der Waals surface area (Å²) in [7, 11) is 6.10. The van der Waals surface area contributed by atoms with E-state index < -0.39 is 0 Å². The molecule has 1 unspecified atom stereocenters. The lowest BCUT2D eigenvalue weighted by atomic mass is 10.0. The van der Waals surface area contributed by atoms with Crippen molar-refractivity contribution >= 4 is 34.0 Å². The van der Waals surface area contributed by atoms with Gasteiger partial charge in [-0.3, -0.25) is 4.90 Å². The first-order valence-corrected chi connectivity index (χ1v) is 18.6.